The van der Waals surface area contributed by atoms with Gasteiger partial charge >= 0.3 is 0 Å². The molecule has 0 bridgehead atoms. The van der Waals surface area contributed by atoms with Gasteiger partial charge in [-0.15, -0.1) is 11.3 Å². The van der Waals surface area contributed by atoms with Crippen LogP contribution in [0.1, 0.15) is 0 Å². The van der Waals surface area contributed by atoms with Crippen LogP contribution in [0.5, 0.6) is 0 Å². The highest BCUT2D eigenvalue weighted by Crippen LogP contribution is 2.16. The van der Waals surface area contributed by atoms with Crippen LogP contribution in [0.2, 0.25) is 0 Å². The number of carbonyl (C=O) groups is 1. The van der Waals surface area contributed by atoms with Crippen LogP contribution >= 0.6 is 27.3 Å². The summed E-state index contributed by atoms with van der Waals surface area (Å²) in [5.74, 6) is -0.272. The molecule has 0 aliphatic rings. The molecule has 0 aliphatic carbocycles. The van der Waals surface area contributed by atoms with Gasteiger partial charge in [-0.2, -0.15) is 0 Å². The summed E-state index contributed by atoms with van der Waals surface area (Å²) in [4.78, 5) is 29.0. The molecule has 0 spiro atoms. The summed E-state index contributed by atoms with van der Waals surface area (Å²) in [5, 5.41) is 5.10. The van der Waals surface area contributed by atoms with E-state index >= 15 is 0 Å². The number of amides is 1. The van der Waals surface area contributed by atoms with Gasteiger partial charge in [-0.05, 0) is 29.6 Å². The first kappa shape index (κ1) is 14.0. The Morgan fingerprint density at radius 1 is 1.38 bits per heavy atom. The van der Waals surface area contributed by atoms with E-state index in [2.05, 4.69) is 26.2 Å². The molecule has 0 saturated carbocycles. The zero-order valence-electron chi connectivity index (χ0n) is 10.7. The van der Waals surface area contributed by atoms with Gasteiger partial charge in [0.1, 0.15) is 11.4 Å². The standard InChI is InChI=1S/C14H10BrN3O2S/c15-9-2-1-3-10(6-9)17-12(19)7-18-8-16-13-11(14(18)20)4-5-21-13/h1-6,8H,7H2,(H,17,19). The number of carbonyl (C=O) groups excluding carboxylic acids is 1. The first-order valence-corrected chi connectivity index (χ1v) is 7.79. The van der Waals surface area contributed by atoms with Crippen molar-refractivity contribution in [3.63, 3.8) is 0 Å². The van der Waals surface area contributed by atoms with Gasteiger partial charge in [-0.25, -0.2) is 4.98 Å². The highest BCUT2D eigenvalue weighted by Gasteiger charge is 2.09. The van der Waals surface area contributed by atoms with Gasteiger partial charge in [-0.3, -0.25) is 14.2 Å². The molecule has 0 saturated heterocycles. The number of hydrogen-bond acceptors (Lipinski definition) is 4. The smallest absolute Gasteiger partial charge is 0.262 e. The minimum atomic E-state index is -0.272. The molecule has 5 nitrogen and oxygen atoms in total. The Morgan fingerprint density at radius 3 is 3.05 bits per heavy atom. The topological polar surface area (TPSA) is 64.0 Å². The average molecular weight is 364 g/mol. The van der Waals surface area contributed by atoms with Gasteiger partial charge in [-0.1, -0.05) is 22.0 Å². The summed E-state index contributed by atoms with van der Waals surface area (Å²) < 4.78 is 2.18. The highest BCUT2D eigenvalue weighted by atomic mass is 79.9. The first-order valence-electron chi connectivity index (χ1n) is 6.11. The van der Waals surface area contributed by atoms with Crippen molar-refractivity contribution in [2.45, 2.75) is 6.54 Å². The quantitative estimate of drug-likeness (QED) is 0.777. The molecule has 7 heteroatoms. The van der Waals surface area contributed by atoms with Crippen molar-refractivity contribution >= 4 is 49.1 Å². The number of aromatic nitrogens is 2. The molecule has 0 unspecified atom stereocenters. The van der Waals surface area contributed by atoms with Gasteiger partial charge in [0, 0.05) is 10.2 Å². The van der Waals surface area contributed by atoms with E-state index in [1.54, 1.807) is 18.2 Å². The second-order valence-corrected chi connectivity index (χ2v) is 6.19. The second-order valence-electron chi connectivity index (χ2n) is 4.38. The summed E-state index contributed by atoms with van der Waals surface area (Å²) >= 11 is 4.74. The Hall–Kier alpha value is -1.99. The molecular formula is C14H10BrN3O2S. The van der Waals surface area contributed by atoms with E-state index in [1.165, 1.54) is 22.2 Å². The molecule has 1 amide bonds. The predicted molar refractivity (Wildman–Crippen MR) is 86.7 cm³/mol. The largest absolute Gasteiger partial charge is 0.324 e. The lowest BCUT2D eigenvalue weighted by molar-refractivity contribution is -0.116. The molecule has 0 aliphatic heterocycles. The lowest BCUT2D eigenvalue weighted by atomic mass is 10.3. The van der Waals surface area contributed by atoms with Crippen molar-refractivity contribution < 1.29 is 4.79 Å². The van der Waals surface area contributed by atoms with Gasteiger partial charge in [0.05, 0.1) is 11.7 Å². The molecule has 0 fully saturated rings. The van der Waals surface area contributed by atoms with Crippen molar-refractivity contribution in [2.75, 3.05) is 5.32 Å². The van der Waals surface area contributed by atoms with E-state index in [4.69, 9.17) is 0 Å². The van der Waals surface area contributed by atoms with Crippen LogP contribution < -0.4 is 10.9 Å². The third-order valence-electron chi connectivity index (χ3n) is 2.87. The number of halogens is 1. The third kappa shape index (κ3) is 3.03. The lowest BCUT2D eigenvalue weighted by Crippen LogP contribution is -2.27. The van der Waals surface area contributed by atoms with Gasteiger partial charge in [0.15, 0.2) is 0 Å². The average Bonchev–Trinajstić information content (AvgIpc) is 2.91. The fourth-order valence-electron chi connectivity index (χ4n) is 1.93. The summed E-state index contributed by atoms with van der Waals surface area (Å²) in [5.41, 5.74) is 0.470. The van der Waals surface area contributed by atoms with Crippen LogP contribution in [0.3, 0.4) is 0 Å². The Morgan fingerprint density at radius 2 is 2.24 bits per heavy atom. The number of nitrogens with zero attached hydrogens (tertiary/aromatic N) is 2. The maximum absolute atomic E-state index is 12.2. The Kier molecular flexibility index (Phi) is 3.85. The van der Waals surface area contributed by atoms with Crippen molar-refractivity contribution in [3.8, 4) is 0 Å². The van der Waals surface area contributed by atoms with Crippen LogP contribution in [0.15, 0.2) is 51.3 Å². The zero-order chi connectivity index (χ0) is 14.8. The molecule has 1 N–H and O–H groups in total. The Balaban J connectivity index is 1.80. The van der Waals surface area contributed by atoms with E-state index < -0.39 is 0 Å². The SMILES string of the molecule is O=C(Cn1cnc2sccc2c1=O)Nc1cccc(Br)c1. The summed E-state index contributed by atoms with van der Waals surface area (Å²) in [6.07, 6.45) is 1.40. The van der Waals surface area contributed by atoms with Crippen LogP contribution in [0, 0.1) is 0 Å². The molecule has 0 radical (unpaired) electrons. The number of rotatable bonds is 3. The molecule has 3 rings (SSSR count). The summed E-state index contributed by atoms with van der Waals surface area (Å²) in [6.45, 7) is -0.0653. The molecule has 2 aromatic heterocycles. The third-order valence-corrected chi connectivity index (χ3v) is 4.19. The Bertz CT molecular complexity index is 872. The monoisotopic (exact) mass is 363 g/mol. The predicted octanol–water partition coefficient (Wildman–Crippen LogP) is 2.86. The fraction of sp³-hybridized carbons (Fsp3) is 0.0714. The van der Waals surface area contributed by atoms with Crippen molar-refractivity contribution in [1.82, 2.24) is 9.55 Å². The number of benzene rings is 1. The highest BCUT2D eigenvalue weighted by molar-refractivity contribution is 9.10. The van der Waals surface area contributed by atoms with E-state index in [9.17, 15) is 9.59 Å². The molecule has 3 aromatic rings. The maximum Gasteiger partial charge on any atom is 0.262 e. The summed E-state index contributed by atoms with van der Waals surface area (Å²) in [7, 11) is 0. The van der Waals surface area contributed by atoms with Gasteiger partial charge in [0.25, 0.3) is 5.56 Å². The maximum atomic E-state index is 12.2. The van der Waals surface area contributed by atoms with Crippen molar-refractivity contribution in [2.24, 2.45) is 0 Å². The molecule has 106 valence electrons. The number of fused-ring (bicyclic) bond motifs is 1. The first-order chi connectivity index (χ1) is 10.1. The minimum Gasteiger partial charge on any atom is -0.324 e. The van der Waals surface area contributed by atoms with Crippen LogP contribution in [-0.4, -0.2) is 15.5 Å². The number of nitrogens with one attached hydrogen (secondary N) is 1. The van der Waals surface area contributed by atoms with E-state index in [1.807, 2.05) is 17.5 Å². The molecule has 2 heterocycles. The second kappa shape index (κ2) is 5.79. The van der Waals surface area contributed by atoms with Gasteiger partial charge < -0.3 is 5.32 Å². The van der Waals surface area contributed by atoms with Crippen LogP contribution in [0.25, 0.3) is 10.2 Å². The van der Waals surface area contributed by atoms with Crippen LogP contribution in [-0.2, 0) is 11.3 Å². The van der Waals surface area contributed by atoms with Crippen molar-refractivity contribution in [1.29, 1.82) is 0 Å². The number of hydrogen-bond donors (Lipinski definition) is 1. The number of anilines is 1. The van der Waals surface area contributed by atoms with Crippen molar-refractivity contribution in [3.05, 3.63) is 56.9 Å². The number of thiophene rings is 1. The lowest BCUT2D eigenvalue weighted by Gasteiger charge is -2.07. The molecule has 21 heavy (non-hydrogen) atoms. The van der Waals surface area contributed by atoms with Gasteiger partial charge in [0.2, 0.25) is 5.91 Å². The molecular weight excluding hydrogens is 354 g/mol. The molecule has 1 aromatic carbocycles. The van der Waals surface area contributed by atoms with E-state index in [-0.39, 0.29) is 18.0 Å². The fourth-order valence-corrected chi connectivity index (χ4v) is 3.05. The Labute approximate surface area is 132 Å². The normalized spacial score (nSPS) is 10.7. The van der Waals surface area contributed by atoms with E-state index in [0.717, 1.165) is 4.47 Å². The zero-order valence-corrected chi connectivity index (χ0v) is 13.1. The minimum absolute atomic E-state index is 0.0653. The van der Waals surface area contributed by atoms with E-state index in [0.29, 0.717) is 15.9 Å². The van der Waals surface area contributed by atoms with Crippen LogP contribution in [0.4, 0.5) is 5.69 Å². The summed E-state index contributed by atoms with van der Waals surface area (Å²) in [6, 6.07) is 8.99. The molecule has 0 atom stereocenters.